The first-order chi connectivity index (χ1) is 7.65. The lowest BCUT2D eigenvalue weighted by Crippen LogP contribution is -2.30. The lowest BCUT2D eigenvalue weighted by molar-refractivity contribution is 0.0944. The molecule has 16 heavy (non-hydrogen) atoms. The maximum atomic E-state index is 11.7. The van der Waals surface area contributed by atoms with Gasteiger partial charge in [0.2, 0.25) is 5.56 Å². The number of carbonyl (C=O) groups excluding carboxylic acids is 1. The number of amides is 1. The van der Waals surface area contributed by atoms with Crippen molar-refractivity contribution in [2.24, 2.45) is 5.41 Å². The van der Waals surface area contributed by atoms with Crippen molar-refractivity contribution < 1.29 is 4.79 Å². The van der Waals surface area contributed by atoms with Crippen LogP contribution in [0.3, 0.4) is 0 Å². The van der Waals surface area contributed by atoms with Gasteiger partial charge in [0, 0.05) is 24.4 Å². The summed E-state index contributed by atoms with van der Waals surface area (Å²) in [4.78, 5) is 25.2. The zero-order valence-corrected chi connectivity index (χ0v) is 9.38. The number of carbonyl (C=O) groups is 1. The summed E-state index contributed by atoms with van der Waals surface area (Å²) in [5.41, 5.74) is 0.511. The molecule has 0 saturated heterocycles. The Labute approximate surface area is 94.1 Å². The zero-order chi connectivity index (χ0) is 11.6. The van der Waals surface area contributed by atoms with Crippen LogP contribution in [0.2, 0.25) is 0 Å². The molecule has 1 aromatic heterocycles. The Kier molecular flexibility index (Phi) is 2.81. The van der Waals surface area contributed by atoms with E-state index in [1.807, 2.05) is 0 Å². The van der Waals surface area contributed by atoms with Crippen molar-refractivity contribution in [2.45, 2.75) is 26.2 Å². The number of rotatable bonds is 4. The van der Waals surface area contributed by atoms with E-state index in [2.05, 4.69) is 17.2 Å². The molecular weight excluding hydrogens is 204 g/mol. The summed E-state index contributed by atoms with van der Waals surface area (Å²) >= 11 is 0. The van der Waals surface area contributed by atoms with Gasteiger partial charge in [-0.15, -0.1) is 0 Å². The van der Waals surface area contributed by atoms with Gasteiger partial charge < -0.3 is 10.3 Å². The normalized spacial score (nSPS) is 16.8. The van der Waals surface area contributed by atoms with E-state index in [0.717, 1.165) is 13.0 Å². The molecule has 1 saturated carbocycles. The van der Waals surface area contributed by atoms with Crippen molar-refractivity contribution in [3.63, 3.8) is 0 Å². The Morgan fingerprint density at radius 1 is 1.56 bits per heavy atom. The van der Waals surface area contributed by atoms with Gasteiger partial charge in [-0.2, -0.15) is 0 Å². The molecule has 1 aromatic rings. The van der Waals surface area contributed by atoms with E-state index in [0.29, 0.717) is 11.0 Å². The first-order valence-corrected chi connectivity index (χ1v) is 5.62. The van der Waals surface area contributed by atoms with Crippen molar-refractivity contribution in [1.82, 2.24) is 10.3 Å². The fourth-order valence-electron chi connectivity index (χ4n) is 1.79. The van der Waals surface area contributed by atoms with Crippen molar-refractivity contribution in [3.8, 4) is 0 Å². The van der Waals surface area contributed by atoms with Crippen molar-refractivity contribution >= 4 is 5.91 Å². The molecule has 4 nitrogen and oxygen atoms in total. The summed E-state index contributed by atoms with van der Waals surface area (Å²) in [6.07, 6.45) is 4.98. The van der Waals surface area contributed by atoms with E-state index in [4.69, 9.17) is 0 Å². The first-order valence-electron chi connectivity index (χ1n) is 5.62. The average molecular weight is 220 g/mol. The molecule has 1 heterocycles. The van der Waals surface area contributed by atoms with Gasteiger partial charge in [-0.25, -0.2) is 0 Å². The van der Waals surface area contributed by atoms with Gasteiger partial charge in [0.1, 0.15) is 0 Å². The Morgan fingerprint density at radius 2 is 2.31 bits per heavy atom. The van der Waals surface area contributed by atoms with Crippen LogP contribution in [-0.4, -0.2) is 17.4 Å². The molecule has 1 aliphatic carbocycles. The van der Waals surface area contributed by atoms with Crippen molar-refractivity contribution in [3.05, 3.63) is 34.2 Å². The predicted molar refractivity (Wildman–Crippen MR) is 61.4 cm³/mol. The quantitative estimate of drug-likeness (QED) is 0.803. The van der Waals surface area contributed by atoms with E-state index in [1.165, 1.54) is 25.1 Å². The SMILES string of the molecule is CCC1(CNC(=O)c2cc[nH]c(=O)c2)CC1. The van der Waals surface area contributed by atoms with Gasteiger partial charge >= 0.3 is 0 Å². The number of hydrogen-bond donors (Lipinski definition) is 2. The fourth-order valence-corrected chi connectivity index (χ4v) is 1.79. The Hall–Kier alpha value is -1.58. The van der Waals surface area contributed by atoms with Crippen LogP contribution in [0, 0.1) is 5.41 Å². The van der Waals surface area contributed by atoms with Crippen LogP contribution in [0.4, 0.5) is 0 Å². The monoisotopic (exact) mass is 220 g/mol. The molecule has 1 fully saturated rings. The van der Waals surface area contributed by atoms with Crippen molar-refractivity contribution in [2.75, 3.05) is 6.54 Å². The third-order valence-electron chi connectivity index (χ3n) is 3.37. The Balaban J connectivity index is 1.96. The highest BCUT2D eigenvalue weighted by Gasteiger charge is 2.40. The second kappa shape index (κ2) is 4.12. The van der Waals surface area contributed by atoms with Crippen LogP contribution < -0.4 is 10.9 Å². The van der Waals surface area contributed by atoms with Crippen LogP contribution in [0.1, 0.15) is 36.5 Å². The van der Waals surface area contributed by atoms with Gasteiger partial charge in [-0.05, 0) is 30.7 Å². The molecule has 2 rings (SSSR count). The minimum Gasteiger partial charge on any atom is -0.351 e. The molecular formula is C12H16N2O2. The summed E-state index contributed by atoms with van der Waals surface area (Å²) in [6.45, 7) is 2.86. The van der Waals surface area contributed by atoms with Crippen LogP contribution in [0.15, 0.2) is 23.1 Å². The lowest BCUT2D eigenvalue weighted by Gasteiger charge is -2.13. The molecule has 1 amide bonds. The number of aromatic amines is 1. The highest BCUT2D eigenvalue weighted by atomic mass is 16.2. The molecule has 0 bridgehead atoms. The Bertz CT molecular complexity index is 446. The number of hydrogen-bond acceptors (Lipinski definition) is 2. The number of H-pyrrole nitrogens is 1. The van der Waals surface area contributed by atoms with Gasteiger partial charge in [-0.1, -0.05) is 6.92 Å². The standard InChI is InChI=1S/C12H16N2O2/c1-2-12(4-5-12)8-14-11(16)9-3-6-13-10(15)7-9/h3,6-7H,2,4-5,8H2,1H3,(H,13,15)(H,14,16). The maximum absolute atomic E-state index is 11.7. The molecule has 86 valence electrons. The van der Waals surface area contributed by atoms with E-state index in [9.17, 15) is 9.59 Å². The summed E-state index contributed by atoms with van der Waals surface area (Å²) in [5.74, 6) is -0.161. The third kappa shape index (κ3) is 2.32. The van der Waals surface area contributed by atoms with Gasteiger partial charge in [0.05, 0.1) is 0 Å². The average Bonchev–Trinajstić information content (AvgIpc) is 3.07. The highest BCUT2D eigenvalue weighted by Crippen LogP contribution is 2.47. The smallest absolute Gasteiger partial charge is 0.251 e. The number of nitrogens with one attached hydrogen (secondary N) is 2. The van der Waals surface area contributed by atoms with Crippen molar-refractivity contribution in [1.29, 1.82) is 0 Å². The molecule has 4 heteroatoms. The predicted octanol–water partition coefficient (Wildman–Crippen LogP) is 1.29. The molecule has 0 spiro atoms. The van der Waals surface area contributed by atoms with Crippen LogP contribution in [-0.2, 0) is 0 Å². The van der Waals surface area contributed by atoms with E-state index >= 15 is 0 Å². The molecule has 0 aromatic carbocycles. The Morgan fingerprint density at radius 3 is 2.88 bits per heavy atom. The summed E-state index contributed by atoms with van der Waals surface area (Å²) in [5, 5.41) is 2.89. The second-order valence-electron chi connectivity index (χ2n) is 4.48. The second-order valence-corrected chi connectivity index (χ2v) is 4.48. The summed E-state index contributed by atoms with van der Waals surface area (Å²) in [6, 6.07) is 2.93. The highest BCUT2D eigenvalue weighted by molar-refractivity contribution is 5.93. The first kappa shape index (κ1) is 10.9. The molecule has 1 aliphatic rings. The topological polar surface area (TPSA) is 62.0 Å². The van der Waals surface area contributed by atoms with E-state index in [1.54, 1.807) is 6.07 Å². The largest absolute Gasteiger partial charge is 0.351 e. The number of aromatic nitrogens is 1. The minimum absolute atomic E-state index is 0.161. The van der Waals surface area contributed by atoms with Gasteiger partial charge in [0.15, 0.2) is 0 Å². The molecule has 0 radical (unpaired) electrons. The number of pyridine rings is 1. The summed E-state index contributed by atoms with van der Waals surface area (Å²) < 4.78 is 0. The molecule has 0 atom stereocenters. The van der Waals surface area contributed by atoms with Crippen LogP contribution >= 0.6 is 0 Å². The van der Waals surface area contributed by atoms with E-state index in [-0.39, 0.29) is 11.5 Å². The van der Waals surface area contributed by atoms with E-state index < -0.39 is 0 Å². The van der Waals surface area contributed by atoms with Gasteiger partial charge in [0.25, 0.3) is 5.91 Å². The minimum atomic E-state index is -0.246. The fraction of sp³-hybridized carbons (Fsp3) is 0.500. The lowest BCUT2D eigenvalue weighted by atomic mass is 10.0. The van der Waals surface area contributed by atoms with Gasteiger partial charge in [-0.3, -0.25) is 9.59 Å². The molecule has 0 unspecified atom stereocenters. The summed E-state index contributed by atoms with van der Waals surface area (Å²) in [7, 11) is 0. The van der Waals surface area contributed by atoms with Crippen LogP contribution in [0.5, 0.6) is 0 Å². The molecule has 0 aliphatic heterocycles. The van der Waals surface area contributed by atoms with Crippen LogP contribution in [0.25, 0.3) is 0 Å². The zero-order valence-electron chi connectivity index (χ0n) is 9.38. The molecule has 2 N–H and O–H groups in total. The maximum Gasteiger partial charge on any atom is 0.251 e. The third-order valence-corrected chi connectivity index (χ3v) is 3.37.